The highest BCUT2D eigenvalue weighted by molar-refractivity contribution is 6.11. The summed E-state index contributed by atoms with van der Waals surface area (Å²) in [6.45, 7) is 0. The molecule has 0 radical (unpaired) electrons. The Balaban J connectivity index is 2.90. The number of anilines is 2. The maximum atomic E-state index is 11.1. The van der Waals surface area contributed by atoms with Crippen molar-refractivity contribution in [1.29, 1.82) is 10.8 Å². The second kappa shape index (κ2) is 7.37. The van der Waals surface area contributed by atoms with E-state index in [1.807, 2.05) is 6.07 Å². The number of rotatable bonds is 7. The van der Waals surface area contributed by atoms with Gasteiger partial charge in [0.1, 0.15) is 5.82 Å². The normalized spacial score (nSPS) is 11.6. The van der Waals surface area contributed by atoms with Crippen molar-refractivity contribution in [3.8, 4) is 0 Å². The van der Waals surface area contributed by atoms with Crippen LogP contribution in [0.1, 0.15) is 0 Å². The molecule has 0 aliphatic rings. The predicted octanol–water partition coefficient (Wildman–Crippen LogP) is 0.979. The summed E-state index contributed by atoms with van der Waals surface area (Å²) in [5.41, 5.74) is 12.1. The van der Waals surface area contributed by atoms with Gasteiger partial charge in [0.05, 0.1) is 5.57 Å². The number of hydrogen-bond acceptors (Lipinski definition) is 6. The standard InChI is InChI=1S/C13H16N6O/c14-5-2-6-18-9-3-1-4-10(7-9)19-12(16)11(8-15)13(17)20/h1-8,14-15,18-19H,16H2,(H2,17,20)/b6-2-,12-11-,14-5?,15-8?. The van der Waals surface area contributed by atoms with Crippen LogP contribution < -0.4 is 22.1 Å². The monoisotopic (exact) mass is 272 g/mol. The van der Waals surface area contributed by atoms with Gasteiger partial charge in [0.2, 0.25) is 0 Å². The minimum Gasteiger partial charge on any atom is -0.385 e. The first-order chi connectivity index (χ1) is 9.58. The first-order valence-corrected chi connectivity index (χ1v) is 5.67. The summed E-state index contributed by atoms with van der Waals surface area (Å²) in [4.78, 5) is 11.1. The molecule has 0 aromatic heterocycles. The second-order valence-corrected chi connectivity index (χ2v) is 3.71. The summed E-state index contributed by atoms with van der Waals surface area (Å²) in [5, 5.41) is 19.7. The van der Waals surface area contributed by atoms with Crippen LogP contribution in [0.4, 0.5) is 11.4 Å². The number of hydrogen-bond donors (Lipinski definition) is 6. The molecule has 1 amide bonds. The lowest BCUT2D eigenvalue weighted by Gasteiger charge is -2.10. The molecule has 7 heteroatoms. The molecule has 0 unspecified atom stereocenters. The van der Waals surface area contributed by atoms with Crippen molar-refractivity contribution < 1.29 is 4.79 Å². The van der Waals surface area contributed by atoms with E-state index in [4.69, 9.17) is 22.3 Å². The van der Waals surface area contributed by atoms with E-state index >= 15 is 0 Å². The number of benzene rings is 1. The molecule has 0 heterocycles. The fraction of sp³-hybridized carbons (Fsp3) is 0. The third kappa shape index (κ3) is 4.30. The van der Waals surface area contributed by atoms with Crippen LogP contribution in [0.3, 0.4) is 0 Å². The van der Waals surface area contributed by atoms with E-state index in [1.54, 1.807) is 24.4 Å². The number of carbonyl (C=O) groups excluding carboxylic acids is 1. The maximum Gasteiger partial charge on any atom is 0.253 e. The average Bonchev–Trinajstić information content (AvgIpc) is 2.39. The van der Waals surface area contributed by atoms with Crippen LogP contribution in [-0.2, 0) is 4.79 Å². The van der Waals surface area contributed by atoms with Gasteiger partial charge in [0.15, 0.2) is 0 Å². The summed E-state index contributed by atoms with van der Waals surface area (Å²) in [6.07, 6.45) is 5.10. The van der Waals surface area contributed by atoms with Gasteiger partial charge in [-0.25, -0.2) is 0 Å². The molecule has 0 aliphatic carbocycles. The number of carbonyl (C=O) groups is 1. The highest BCUT2D eigenvalue weighted by Crippen LogP contribution is 2.16. The van der Waals surface area contributed by atoms with Crippen molar-refractivity contribution in [3.63, 3.8) is 0 Å². The number of primary amides is 1. The first-order valence-electron chi connectivity index (χ1n) is 5.67. The van der Waals surface area contributed by atoms with Crippen molar-refractivity contribution >= 4 is 29.7 Å². The van der Waals surface area contributed by atoms with Gasteiger partial charge in [-0.15, -0.1) is 0 Å². The Labute approximate surface area is 116 Å². The average molecular weight is 272 g/mol. The maximum absolute atomic E-state index is 11.1. The van der Waals surface area contributed by atoms with Gasteiger partial charge in [-0.1, -0.05) is 6.07 Å². The number of nitrogens with one attached hydrogen (secondary N) is 4. The fourth-order valence-corrected chi connectivity index (χ4v) is 1.38. The molecular formula is C13H16N6O. The zero-order chi connectivity index (χ0) is 15.0. The largest absolute Gasteiger partial charge is 0.385 e. The van der Waals surface area contributed by atoms with Gasteiger partial charge in [0.25, 0.3) is 5.91 Å². The summed E-state index contributed by atoms with van der Waals surface area (Å²) < 4.78 is 0. The van der Waals surface area contributed by atoms with E-state index in [1.165, 1.54) is 6.08 Å². The van der Waals surface area contributed by atoms with Crippen LogP contribution in [0.15, 0.2) is 47.9 Å². The van der Waals surface area contributed by atoms with Crippen LogP contribution in [0.5, 0.6) is 0 Å². The second-order valence-electron chi connectivity index (χ2n) is 3.71. The Morgan fingerprint density at radius 3 is 2.50 bits per heavy atom. The summed E-state index contributed by atoms with van der Waals surface area (Å²) in [6, 6.07) is 7.11. The minimum atomic E-state index is -0.770. The van der Waals surface area contributed by atoms with Crippen LogP contribution >= 0.6 is 0 Å². The molecule has 0 saturated heterocycles. The molecule has 0 atom stereocenters. The quantitative estimate of drug-likeness (QED) is 0.325. The highest BCUT2D eigenvalue weighted by Gasteiger charge is 2.07. The Morgan fingerprint density at radius 2 is 1.90 bits per heavy atom. The lowest BCUT2D eigenvalue weighted by Crippen LogP contribution is -2.23. The Hall–Kier alpha value is -3.09. The Bertz CT molecular complexity index is 576. The molecule has 0 aliphatic heterocycles. The molecule has 8 N–H and O–H groups in total. The Morgan fingerprint density at radius 1 is 1.20 bits per heavy atom. The molecule has 1 aromatic carbocycles. The van der Waals surface area contributed by atoms with Gasteiger partial charge in [-0.3, -0.25) is 4.79 Å². The molecule has 0 saturated carbocycles. The third-order valence-electron chi connectivity index (χ3n) is 2.28. The summed E-state index contributed by atoms with van der Waals surface area (Å²) >= 11 is 0. The molecule has 0 bridgehead atoms. The molecule has 7 nitrogen and oxygen atoms in total. The highest BCUT2D eigenvalue weighted by atomic mass is 16.1. The van der Waals surface area contributed by atoms with Crippen molar-refractivity contribution in [2.45, 2.75) is 0 Å². The lowest BCUT2D eigenvalue weighted by molar-refractivity contribution is -0.114. The van der Waals surface area contributed by atoms with Gasteiger partial charge in [-0.2, -0.15) is 0 Å². The van der Waals surface area contributed by atoms with E-state index in [2.05, 4.69) is 10.6 Å². The van der Waals surface area contributed by atoms with Crippen molar-refractivity contribution in [2.24, 2.45) is 11.5 Å². The molecule has 1 rings (SSSR count). The van der Waals surface area contributed by atoms with E-state index < -0.39 is 5.91 Å². The molecular weight excluding hydrogens is 256 g/mol. The summed E-state index contributed by atoms with van der Waals surface area (Å²) in [5.74, 6) is -0.757. The van der Waals surface area contributed by atoms with E-state index in [0.717, 1.165) is 18.1 Å². The number of amides is 1. The van der Waals surface area contributed by atoms with Crippen molar-refractivity contribution in [3.05, 3.63) is 47.9 Å². The number of allylic oxidation sites excluding steroid dienone is 1. The van der Waals surface area contributed by atoms with Crippen LogP contribution in [-0.4, -0.2) is 18.3 Å². The SMILES string of the molecule is N=C/C=C\Nc1cccc(N/C(N)=C(/C=N)C(N)=O)c1. The van der Waals surface area contributed by atoms with Crippen LogP contribution in [0.2, 0.25) is 0 Å². The smallest absolute Gasteiger partial charge is 0.253 e. The van der Waals surface area contributed by atoms with Crippen molar-refractivity contribution in [2.75, 3.05) is 10.6 Å². The van der Waals surface area contributed by atoms with Crippen molar-refractivity contribution in [1.82, 2.24) is 0 Å². The van der Waals surface area contributed by atoms with E-state index in [0.29, 0.717) is 5.69 Å². The topological polar surface area (TPSA) is 141 Å². The molecule has 20 heavy (non-hydrogen) atoms. The van der Waals surface area contributed by atoms with Crippen LogP contribution in [0.25, 0.3) is 0 Å². The summed E-state index contributed by atoms with van der Waals surface area (Å²) in [7, 11) is 0. The molecule has 104 valence electrons. The number of nitrogens with two attached hydrogens (primary N) is 2. The molecule has 1 aromatic rings. The zero-order valence-electron chi connectivity index (χ0n) is 10.7. The minimum absolute atomic E-state index is 0.0136. The van der Waals surface area contributed by atoms with E-state index in [9.17, 15) is 4.79 Å². The van der Waals surface area contributed by atoms with Gasteiger partial charge in [-0.05, 0) is 24.3 Å². The van der Waals surface area contributed by atoms with E-state index in [-0.39, 0.29) is 11.4 Å². The Kier molecular flexibility index (Phi) is 5.51. The predicted molar refractivity (Wildman–Crippen MR) is 80.8 cm³/mol. The van der Waals surface area contributed by atoms with Gasteiger partial charge >= 0.3 is 0 Å². The van der Waals surface area contributed by atoms with Gasteiger partial charge in [0, 0.05) is 30.0 Å². The van der Waals surface area contributed by atoms with Gasteiger partial charge < -0.3 is 32.9 Å². The molecule has 0 fully saturated rings. The first kappa shape index (κ1) is 15.0. The molecule has 0 spiro atoms. The zero-order valence-corrected chi connectivity index (χ0v) is 10.7. The lowest BCUT2D eigenvalue weighted by atomic mass is 10.2. The van der Waals surface area contributed by atoms with Crippen LogP contribution in [0, 0.1) is 10.8 Å². The fourth-order valence-electron chi connectivity index (χ4n) is 1.38. The third-order valence-corrected chi connectivity index (χ3v) is 2.28.